The second-order valence-electron chi connectivity index (χ2n) is 1.92. The van der Waals surface area contributed by atoms with E-state index in [4.69, 9.17) is 0 Å². The van der Waals surface area contributed by atoms with Crippen molar-refractivity contribution in [3.8, 4) is 0 Å². The third-order valence-corrected chi connectivity index (χ3v) is 0.757. The Bertz CT molecular complexity index is 56.4. The highest BCUT2D eigenvalue weighted by Crippen LogP contribution is 1.93. The molecular weight excluding hydrogens is 84.1 g/mol. The van der Waals surface area contributed by atoms with Crippen LogP contribution in [0.15, 0.2) is 11.6 Å². The minimum Gasteiger partial charge on any atom is -0.0859 e. The Balaban J connectivity index is 3.08. The van der Waals surface area contributed by atoms with Gasteiger partial charge in [0.1, 0.15) is 0 Å². The van der Waals surface area contributed by atoms with Crippen LogP contribution in [-0.4, -0.2) is 0 Å². The lowest BCUT2D eigenvalue weighted by Crippen LogP contribution is -1.64. The summed E-state index contributed by atoms with van der Waals surface area (Å²) in [5, 5.41) is 0. The maximum absolute atomic E-state index is 3.71. The highest BCUT2D eigenvalue weighted by molar-refractivity contribution is 4.92. The van der Waals surface area contributed by atoms with Gasteiger partial charge in [-0.25, -0.2) is 0 Å². The number of allylic oxidation sites excluding steroid dienone is 2. The fourth-order valence-electron chi connectivity index (χ4n) is 0.391. The van der Waals surface area contributed by atoms with Crippen molar-refractivity contribution in [2.75, 3.05) is 0 Å². The predicted molar refractivity (Wildman–Crippen MR) is 34.0 cm³/mol. The minimum atomic E-state index is 1.02. The molecule has 0 aromatic heterocycles. The van der Waals surface area contributed by atoms with E-state index >= 15 is 0 Å². The molecule has 0 unspecified atom stereocenters. The van der Waals surface area contributed by atoms with Crippen LogP contribution in [0.1, 0.15) is 26.7 Å². The van der Waals surface area contributed by atoms with Gasteiger partial charge in [0.15, 0.2) is 0 Å². The summed E-state index contributed by atoms with van der Waals surface area (Å²) in [6.45, 7) is 7.93. The van der Waals surface area contributed by atoms with Crippen molar-refractivity contribution in [1.29, 1.82) is 0 Å². The van der Waals surface area contributed by atoms with Crippen LogP contribution in [0.2, 0.25) is 0 Å². The fourth-order valence-corrected chi connectivity index (χ4v) is 0.391. The van der Waals surface area contributed by atoms with Gasteiger partial charge in [0.25, 0.3) is 0 Å². The molecule has 0 spiro atoms. The summed E-state index contributed by atoms with van der Waals surface area (Å²) in [7, 11) is 0. The lowest BCUT2D eigenvalue weighted by molar-refractivity contribution is 1.03. The summed E-state index contributed by atoms with van der Waals surface area (Å²) >= 11 is 0. The van der Waals surface area contributed by atoms with Crippen molar-refractivity contribution in [1.82, 2.24) is 0 Å². The molecule has 1 radical (unpaired) electrons. The van der Waals surface area contributed by atoms with E-state index < -0.39 is 0 Å². The van der Waals surface area contributed by atoms with Gasteiger partial charge in [-0.2, -0.15) is 0 Å². The van der Waals surface area contributed by atoms with Crippen LogP contribution >= 0.6 is 0 Å². The zero-order valence-corrected chi connectivity index (χ0v) is 5.20. The van der Waals surface area contributed by atoms with E-state index in [1.54, 1.807) is 0 Å². The van der Waals surface area contributed by atoms with Crippen LogP contribution < -0.4 is 0 Å². The van der Waals surface area contributed by atoms with Gasteiger partial charge in [0.2, 0.25) is 0 Å². The van der Waals surface area contributed by atoms with Gasteiger partial charge in [0, 0.05) is 0 Å². The molecule has 0 atom stereocenters. The Kier molecular flexibility index (Phi) is 3.77. The van der Waals surface area contributed by atoms with Crippen LogP contribution in [0.5, 0.6) is 0 Å². The molecule has 7 heavy (non-hydrogen) atoms. The molecule has 0 heterocycles. The minimum absolute atomic E-state index is 1.02. The molecule has 0 aliphatic rings. The zero-order valence-electron chi connectivity index (χ0n) is 5.20. The Labute approximate surface area is 46.2 Å². The van der Waals surface area contributed by atoms with Crippen molar-refractivity contribution in [2.45, 2.75) is 26.7 Å². The van der Waals surface area contributed by atoms with E-state index in [0.717, 1.165) is 12.8 Å². The van der Waals surface area contributed by atoms with Crippen molar-refractivity contribution in [3.63, 3.8) is 0 Å². The summed E-state index contributed by atoms with van der Waals surface area (Å²) in [5.74, 6) is 0. The maximum Gasteiger partial charge on any atom is -0.0348 e. The van der Waals surface area contributed by atoms with Crippen LogP contribution in [0, 0.1) is 6.92 Å². The van der Waals surface area contributed by atoms with Crippen LogP contribution in [0.3, 0.4) is 0 Å². The molecule has 0 N–H and O–H groups in total. The van der Waals surface area contributed by atoms with E-state index in [0.29, 0.717) is 0 Å². The van der Waals surface area contributed by atoms with E-state index in [1.165, 1.54) is 5.57 Å². The largest absolute Gasteiger partial charge is 0.0859 e. The molecular formula is C7H13. The van der Waals surface area contributed by atoms with E-state index in [2.05, 4.69) is 26.8 Å². The third-order valence-electron chi connectivity index (χ3n) is 0.757. The smallest absolute Gasteiger partial charge is 0.0348 e. The SMILES string of the molecule is [CH2]CCC=C(C)C. The molecule has 0 bridgehead atoms. The molecule has 0 aliphatic carbocycles. The van der Waals surface area contributed by atoms with Gasteiger partial charge in [-0.15, -0.1) is 0 Å². The van der Waals surface area contributed by atoms with Crippen LogP contribution in [0.4, 0.5) is 0 Å². The van der Waals surface area contributed by atoms with Gasteiger partial charge < -0.3 is 0 Å². The molecule has 0 nitrogen and oxygen atoms in total. The number of hydrogen-bond donors (Lipinski definition) is 0. The lowest BCUT2D eigenvalue weighted by atomic mass is 10.2. The molecule has 0 heteroatoms. The zero-order chi connectivity index (χ0) is 5.70. The Morgan fingerprint density at radius 3 is 2.29 bits per heavy atom. The average molecular weight is 97.2 g/mol. The van der Waals surface area contributed by atoms with Gasteiger partial charge in [-0.05, 0) is 26.7 Å². The van der Waals surface area contributed by atoms with Gasteiger partial charge >= 0.3 is 0 Å². The molecule has 0 aromatic carbocycles. The third kappa shape index (κ3) is 5.74. The second kappa shape index (κ2) is 3.91. The fraction of sp³-hybridized carbons (Fsp3) is 0.571. The molecule has 0 aliphatic heterocycles. The summed E-state index contributed by atoms with van der Waals surface area (Å²) < 4.78 is 0. The maximum atomic E-state index is 3.71. The lowest BCUT2D eigenvalue weighted by Gasteiger charge is -1.84. The van der Waals surface area contributed by atoms with E-state index in [-0.39, 0.29) is 0 Å². The molecule has 0 rings (SSSR count). The van der Waals surface area contributed by atoms with Crippen LogP contribution in [-0.2, 0) is 0 Å². The van der Waals surface area contributed by atoms with Crippen molar-refractivity contribution >= 4 is 0 Å². The number of rotatable bonds is 2. The Morgan fingerprint density at radius 2 is 2.14 bits per heavy atom. The highest BCUT2D eigenvalue weighted by atomic mass is 13.8. The molecule has 0 amide bonds. The number of hydrogen-bond acceptors (Lipinski definition) is 0. The van der Waals surface area contributed by atoms with E-state index in [9.17, 15) is 0 Å². The van der Waals surface area contributed by atoms with Gasteiger partial charge in [0.05, 0.1) is 0 Å². The first kappa shape index (κ1) is 6.74. The highest BCUT2D eigenvalue weighted by Gasteiger charge is 1.73. The Hall–Kier alpha value is -0.260. The standard InChI is InChI=1S/C7H13/c1-4-5-6-7(2)3/h6H,1,4-5H2,2-3H3. The second-order valence-corrected chi connectivity index (χ2v) is 1.92. The monoisotopic (exact) mass is 97.1 g/mol. The van der Waals surface area contributed by atoms with Crippen molar-refractivity contribution in [3.05, 3.63) is 18.6 Å². The average Bonchev–Trinajstić information content (AvgIpc) is 1.61. The summed E-state index contributed by atoms with van der Waals surface area (Å²) in [6, 6.07) is 0. The van der Waals surface area contributed by atoms with E-state index in [1.807, 2.05) is 0 Å². The Morgan fingerprint density at radius 1 is 1.57 bits per heavy atom. The first-order valence-corrected chi connectivity index (χ1v) is 2.70. The molecule has 0 saturated heterocycles. The van der Waals surface area contributed by atoms with Crippen LogP contribution in [0.25, 0.3) is 0 Å². The van der Waals surface area contributed by atoms with Gasteiger partial charge in [-0.1, -0.05) is 18.6 Å². The molecule has 0 aromatic rings. The summed E-state index contributed by atoms with van der Waals surface area (Å²) in [6.07, 6.45) is 4.35. The molecule has 41 valence electrons. The quantitative estimate of drug-likeness (QED) is 0.464. The van der Waals surface area contributed by atoms with Gasteiger partial charge in [-0.3, -0.25) is 0 Å². The summed E-state index contributed by atoms with van der Waals surface area (Å²) in [4.78, 5) is 0. The molecule has 0 saturated carbocycles. The first-order chi connectivity index (χ1) is 3.27. The predicted octanol–water partition coefficient (Wildman–Crippen LogP) is 2.57. The molecule has 0 fully saturated rings. The normalized spacial score (nSPS) is 8.43. The topological polar surface area (TPSA) is 0 Å². The first-order valence-electron chi connectivity index (χ1n) is 2.70. The summed E-state index contributed by atoms with van der Waals surface area (Å²) in [5.41, 5.74) is 1.39. The van der Waals surface area contributed by atoms with Crippen molar-refractivity contribution < 1.29 is 0 Å². The van der Waals surface area contributed by atoms with Crippen molar-refractivity contribution in [2.24, 2.45) is 0 Å². The number of unbranched alkanes of at least 4 members (excludes halogenated alkanes) is 1.